The van der Waals surface area contributed by atoms with Gasteiger partial charge in [-0.1, -0.05) is 73.6 Å². The number of nitrogens with one attached hydrogen (secondary N) is 3. The minimum absolute atomic E-state index is 0.0354. The first-order valence-electron chi connectivity index (χ1n) is 16.1. The summed E-state index contributed by atoms with van der Waals surface area (Å²) in [4.78, 5) is 35.3. The first kappa shape index (κ1) is 46.9. The van der Waals surface area contributed by atoms with E-state index in [4.69, 9.17) is 14.2 Å². The smallest absolute Gasteiger partial charge is 0.249 e. The summed E-state index contributed by atoms with van der Waals surface area (Å²) < 4.78 is 16.4. The van der Waals surface area contributed by atoms with Crippen LogP contribution in [0.5, 0.6) is 0 Å². The molecule has 0 bridgehead atoms. The summed E-state index contributed by atoms with van der Waals surface area (Å²) in [7, 11) is 0. The Balaban J connectivity index is -0.000000589. The summed E-state index contributed by atoms with van der Waals surface area (Å²) in [5.74, 6) is 0.0386. The summed E-state index contributed by atoms with van der Waals surface area (Å²) >= 11 is 0. The summed E-state index contributed by atoms with van der Waals surface area (Å²) in [5.41, 5.74) is -0.137. The molecule has 0 radical (unpaired) electrons. The third-order valence-electron chi connectivity index (χ3n) is 5.46. The molecule has 45 heavy (non-hydrogen) atoms. The van der Waals surface area contributed by atoms with Crippen molar-refractivity contribution in [1.29, 1.82) is 0 Å². The van der Waals surface area contributed by atoms with Gasteiger partial charge in [0.25, 0.3) is 0 Å². The number of carbonyl (C=O) groups excluding carboxylic acids is 3. The highest BCUT2D eigenvalue weighted by molar-refractivity contribution is 5.82. The third kappa shape index (κ3) is 27.5. The van der Waals surface area contributed by atoms with Gasteiger partial charge in [0, 0.05) is 18.1 Å². The van der Waals surface area contributed by atoms with Crippen LogP contribution in [0.25, 0.3) is 0 Å². The summed E-state index contributed by atoms with van der Waals surface area (Å²) in [6.07, 6.45) is 4.48. The van der Waals surface area contributed by atoms with Crippen LogP contribution in [0.3, 0.4) is 0 Å². The van der Waals surface area contributed by atoms with Gasteiger partial charge in [0.05, 0.1) is 19.8 Å². The van der Waals surface area contributed by atoms with Crippen molar-refractivity contribution in [1.82, 2.24) is 16.0 Å². The molecule has 3 N–H and O–H groups in total. The van der Waals surface area contributed by atoms with Gasteiger partial charge in [-0.3, -0.25) is 14.4 Å². The van der Waals surface area contributed by atoms with Crippen LogP contribution in [-0.2, 0) is 28.6 Å². The zero-order valence-electron chi connectivity index (χ0n) is 31.2. The number of hydrogen-bond acceptors (Lipinski definition) is 6. The molecule has 0 fully saturated rings. The molecule has 0 heterocycles. The van der Waals surface area contributed by atoms with E-state index >= 15 is 0 Å². The molecule has 0 aliphatic heterocycles. The van der Waals surface area contributed by atoms with Gasteiger partial charge in [0.1, 0.15) is 18.3 Å². The quantitative estimate of drug-likeness (QED) is 0.159. The molecule has 0 aromatic rings. The van der Waals surface area contributed by atoms with Gasteiger partial charge in [0.15, 0.2) is 0 Å². The van der Waals surface area contributed by atoms with Crippen molar-refractivity contribution in [2.75, 3.05) is 19.8 Å². The molecule has 0 aromatic carbocycles. The maximum absolute atomic E-state index is 11.9. The minimum atomic E-state index is -0.433. The van der Waals surface area contributed by atoms with Crippen LogP contribution in [0.1, 0.15) is 103 Å². The first-order valence-corrected chi connectivity index (χ1v) is 16.1. The monoisotopic (exact) mass is 640 g/mol. The highest BCUT2D eigenvalue weighted by Gasteiger charge is 2.32. The van der Waals surface area contributed by atoms with Gasteiger partial charge >= 0.3 is 0 Å². The molecule has 0 rings (SSSR count). The first-order chi connectivity index (χ1) is 20.5. The third-order valence-corrected chi connectivity index (χ3v) is 5.46. The Kier molecular flexibility index (Phi) is 25.8. The van der Waals surface area contributed by atoms with Gasteiger partial charge < -0.3 is 30.2 Å². The van der Waals surface area contributed by atoms with Gasteiger partial charge in [-0.2, -0.15) is 0 Å². The van der Waals surface area contributed by atoms with E-state index in [-0.39, 0.29) is 64.8 Å². The number of carbonyl (C=O) groups is 3. The molecule has 3 amide bonds. The lowest BCUT2D eigenvalue weighted by Gasteiger charge is -2.29. The zero-order chi connectivity index (χ0) is 36.0. The van der Waals surface area contributed by atoms with E-state index in [0.717, 1.165) is 0 Å². The average Bonchev–Trinajstić information content (AvgIpc) is 2.85. The van der Waals surface area contributed by atoms with E-state index in [0.29, 0.717) is 26.2 Å². The van der Waals surface area contributed by atoms with Gasteiger partial charge in [-0.15, -0.1) is 19.7 Å². The molecule has 0 aliphatic carbocycles. The second kappa shape index (κ2) is 24.7. The highest BCUT2D eigenvalue weighted by atomic mass is 16.5. The molecule has 9 nitrogen and oxygen atoms in total. The predicted octanol–water partition coefficient (Wildman–Crippen LogP) is 6.38. The Morgan fingerprint density at radius 1 is 0.600 bits per heavy atom. The fourth-order valence-corrected chi connectivity index (χ4v) is 3.70. The Morgan fingerprint density at radius 3 is 1.33 bits per heavy atom. The summed E-state index contributed by atoms with van der Waals surface area (Å²) in [6, 6.07) is 0.424. The standard InChI is InChI=1S/C13H25NO2.C12H23NO2.C11H21NO2/c1-7-8-16-11(9-13(4,5)6)12(15)14-10(2)3;1-7-8-15-10(12(4,5)6)11(14)13-9(2)3;1-6-7-14-10(8(2)3)11(13)12-9(4)5/h7,10-11H,1,8-9H2,2-6H3,(H,14,15);7,9-10H,1,8H2,2-6H3,(H,13,14);6,8-10H,1,7H2,2-5H3,(H,12,13). The molecule has 0 saturated carbocycles. The lowest BCUT2D eigenvalue weighted by atomic mass is 9.88. The molecular weight excluding hydrogens is 570 g/mol. The molecule has 264 valence electrons. The van der Waals surface area contributed by atoms with Crippen LogP contribution >= 0.6 is 0 Å². The maximum Gasteiger partial charge on any atom is 0.249 e. The van der Waals surface area contributed by atoms with E-state index in [2.05, 4.69) is 56.5 Å². The number of rotatable bonds is 17. The Labute approximate surface area is 276 Å². The van der Waals surface area contributed by atoms with E-state index in [9.17, 15) is 14.4 Å². The highest BCUT2D eigenvalue weighted by Crippen LogP contribution is 2.23. The van der Waals surface area contributed by atoms with Crippen LogP contribution in [0.15, 0.2) is 38.0 Å². The van der Waals surface area contributed by atoms with Crippen molar-refractivity contribution in [2.24, 2.45) is 16.7 Å². The maximum atomic E-state index is 11.9. The van der Waals surface area contributed by atoms with Crippen LogP contribution in [0.4, 0.5) is 0 Å². The van der Waals surface area contributed by atoms with E-state index in [1.54, 1.807) is 18.2 Å². The van der Waals surface area contributed by atoms with Crippen molar-refractivity contribution in [3.05, 3.63) is 38.0 Å². The second-order valence-corrected chi connectivity index (χ2v) is 14.5. The topological polar surface area (TPSA) is 115 Å². The SMILES string of the molecule is C=CCOC(C(=O)NC(C)C)C(C)(C)C.C=CCOC(C(=O)NC(C)C)C(C)C.C=CCOC(CC(C)(C)C)C(=O)NC(C)C. The number of amides is 3. The van der Waals surface area contributed by atoms with Crippen LogP contribution in [0, 0.1) is 16.7 Å². The molecular formula is C36H69N3O6. The lowest BCUT2D eigenvalue weighted by Crippen LogP contribution is -2.46. The van der Waals surface area contributed by atoms with Crippen LogP contribution < -0.4 is 16.0 Å². The van der Waals surface area contributed by atoms with Crippen molar-refractivity contribution in [2.45, 2.75) is 140 Å². The van der Waals surface area contributed by atoms with Crippen molar-refractivity contribution in [3.63, 3.8) is 0 Å². The predicted molar refractivity (Wildman–Crippen MR) is 188 cm³/mol. The van der Waals surface area contributed by atoms with Crippen molar-refractivity contribution < 1.29 is 28.6 Å². The summed E-state index contributed by atoms with van der Waals surface area (Å²) in [5, 5.41) is 8.57. The number of hydrogen-bond donors (Lipinski definition) is 3. The Hall–Kier alpha value is -2.49. The van der Waals surface area contributed by atoms with Crippen LogP contribution in [0.2, 0.25) is 0 Å². The molecule has 3 unspecified atom stereocenters. The Bertz CT molecular complexity index is 854. The van der Waals surface area contributed by atoms with Gasteiger partial charge in [-0.05, 0) is 64.7 Å². The molecule has 0 spiro atoms. The van der Waals surface area contributed by atoms with Crippen LogP contribution in [-0.4, -0.2) is 74.0 Å². The fourth-order valence-electron chi connectivity index (χ4n) is 3.70. The molecule has 3 atom stereocenters. The average molecular weight is 640 g/mol. The molecule has 9 heteroatoms. The largest absolute Gasteiger partial charge is 0.364 e. The van der Waals surface area contributed by atoms with Gasteiger partial charge in [-0.25, -0.2) is 0 Å². The Morgan fingerprint density at radius 2 is 0.978 bits per heavy atom. The number of ether oxygens (including phenoxy) is 3. The normalized spacial score (nSPS) is 13.5. The molecule has 0 aromatic heterocycles. The van der Waals surface area contributed by atoms with E-state index < -0.39 is 6.10 Å². The molecule has 0 aliphatic rings. The minimum Gasteiger partial charge on any atom is -0.364 e. The van der Waals surface area contributed by atoms with E-state index in [1.807, 2.05) is 76.2 Å². The van der Waals surface area contributed by atoms with Crippen molar-refractivity contribution >= 4 is 17.7 Å². The fraction of sp³-hybridized carbons (Fsp3) is 0.750. The molecule has 0 saturated heterocycles. The van der Waals surface area contributed by atoms with Gasteiger partial charge in [0.2, 0.25) is 17.7 Å². The van der Waals surface area contributed by atoms with E-state index in [1.165, 1.54) is 0 Å². The second-order valence-electron chi connectivity index (χ2n) is 14.5. The summed E-state index contributed by atoms with van der Waals surface area (Å²) in [6.45, 7) is 39.8. The lowest BCUT2D eigenvalue weighted by molar-refractivity contribution is -0.139. The zero-order valence-corrected chi connectivity index (χ0v) is 31.2. The van der Waals surface area contributed by atoms with Crippen molar-refractivity contribution in [3.8, 4) is 0 Å².